The monoisotopic (exact) mass is 291 g/mol. The molecule has 4 heteroatoms. The van der Waals surface area contributed by atoms with E-state index in [4.69, 9.17) is 9.47 Å². The lowest BCUT2D eigenvalue weighted by Gasteiger charge is -2.39. The Morgan fingerprint density at radius 3 is 2.57 bits per heavy atom. The quantitative estimate of drug-likeness (QED) is 0.782. The van der Waals surface area contributed by atoms with E-state index in [9.17, 15) is 4.79 Å². The van der Waals surface area contributed by atoms with Crippen molar-refractivity contribution in [1.82, 2.24) is 4.90 Å². The summed E-state index contributed by atoms with van der Waals surface area (Å²) >= 11 is 0. The van der Waals surface area contributed by atoms with Crippen LogP contribution in [0.25, 0.3) is 0 Å². The van der Waals surface area contributed by atoms with Gasteiger partial charge in [0.1, 0.15) is 5.75 Å². The molecule has 0 amide bonds. The van der Waals surface area contributed by atoms with Gasteiger partial charge in [-0.15, -0.1) is 0 Å². The third kappa shape index (κ3) is 3.83. The predicted octanol–water partition coefficient (Wildman–Crippen LogP) is 2.77. The fourth-order valence-corrected chi connectivity index (χ4v) is 2.60. The Kier molecular flexibility index (Phi) is 5.01. The number of nitrogens with zero attached hydrogens (tertiary/aromatic N) is 1. The lowest BCUT2D eigenvalue weighted by molar-refractivity contribution is -0.00431. The summed E-state index contributed by atoms with van der Waals surface area (Å²) in [5.41, 5.74) is 0.171. The molecule has 1 aromatic rings. The summed E-state index contributed by atoms with van der Waals surface area (Å²) in [7, 11) is 0. The van der Waals surface area contributed by atoms with Crippen LogP contribution in [-0.4, -0.2) is 48.6 Å². The Labute approximate surface area is 127 Å². The molecule has 0 atom stereocenters. The van der Waals surface area contributed by atoms with Gasteiger partial charge >= 0.3 is 0 Å². The van der Waals surface area contributed by atoms with E-state index in [1.54, 1.807) is 0 Å². The molecule has 4 nitrogen and oxygen atoms in total. The van der Waals surface area contributed by atoms with Gasteiger partial charge < -0.3 is 9.47 Å². The molecule has 0 saturated carbocycles. The normalized spacial score (nSPS) is 17.0. The third-order valence-corrected chi connectivity index (χ3v) is 3.83. The maximum atomic E-state index is 12.9. The second-order valence-electron chi connectivity index (χ2n) is 6.18. The van der Waals surface area contributed by atoms with E-state index in [-0.39, 0.29) is 11.9 Å². The molecule has 1 fully saturated rings. The maximum Gasteiger partial charge on any atom is 0.182 e. The van der Waals surface area contributed by atoms with Crippen LogP contribution in [0.1, 0.15) is 38.1 Å². The summed E-state index contributed by atoms with van der Waals surface area (Å²) < 4.78 is 11.0. The first-order valence-electron chi connectivity index (χ1n) is 7.55. The van der Waals surface area contributed by atoms with Gasteiger partial charge in [0.25, 0.3) is 0 Å². The van der Waals surface area contributed by atoms with Crippen LogP contribution in [-0.2, 0) is 4.74 Å². The van der Waals surface area contributed by atoms with Crippen molar-refractivity contribution < 1.29 is 14.3 Å². The number of Topliss-reactive ketones (excluding diaryl/α,β-unsaturated/α-hetero) is 1. The molecule has 2 rings (SSSR count). The average Bonchev–Trinajstić information content (AvgIpc) is 2.47. The van der Waals surface area contributed by atoms with Gasteiger partial charge in [0.2, 0.25) is 0 Å². The first-order valence-corrected chi connectivity index (χ1v) is 7.55. The number of morpholine rings is 1. The van der Waals surface area contributed by atoms with Crippen molar-refractivity contribution in [2.75, 3.05) is 26.3 Å². The maximum absolute atomic E-state index is 12.9. The fraction of sp³-hybridized carbons (Fsp3) is 0.588. The molecule has 0 aliphatic carbocycles. The smallest absolute Gasteiger partial charge is 0.182 e. The van der Waals surface area contributed by atoms with Gasteiger partial charge in [-0.2, -0.15) is 0 Å². The zero-order valence-corrected chi connectivity index (χ0v) is 13.4. The molecule has 116 valence electrons. The molecular weight excluding hydrogens is 266 g/mol. The van der Waals surface area contributed by atoms with Gasteiger partial charge in [0.05, 0.1) is 24.9 Å². The largest absolute Gasteiger partial charge is 0.491 e. The minimum atomic E-state index is -0.528. The number of ether oxygens (including phenoxy) is 2. The fourth-order valence-electron chi connectivity index (χ4n) is 2.60. The minimum Gasteiger partial charge on any atom is -0.491 e. The van der Waals surface area contributed by atoms with Crippen LogP contribution in [0.5, 0.6) is 5.75 Å². The van der Waals surface area contributed by atoms with E-state index in [0.717, 1.165) is 18.8 Å². The topological polar surface area (TPSA) is 38.8 Å². The molecule has 0 unspecified atom stereocenters. The van der Waals surface area contributed by atoms with Crippen LogP contribution in [0.4, 0.5) is 0 Å². The van der Waals surface area contributed by atoms with Crippen LogP contribution in [0, 0.1) is 0 Å². The molecule has 21 heavy (non-hydrogen) atoms. The first kappa shape index (κ1) is 16.0. The minimum absolute atomic E-state index is 0.0996. The van der Waals surface area contributed by atoms with Crippen LogP contribution < -0.4 is 4.74 Å². The average molecular weight is 291 g/mol. The lowest BCUT2D eigenvalue weighted by Crippen LogP contribution is -2.54. The number of hydrogen-bond acceptors (Lipinski definition) is 4. The summed E-state index contributed by atoms with van der Waals surface area (Å²) in [6.07, 6.45) is 0.0996. The van der Waals surface area contributed by atoms with Crippen molar-refractivity contribution in [1.29, 1.82) is 0 Å². The Morgan fingerprint density at radius 2 is 1.95 bits per heavy atom. The Balaban J connectivity index is 2.17. The number of hydrogen-bond donors (Lipinski definition) is 0. The summed E-state index contributed by atoms with van der Waals surface area (Å²) in [5.74, 6) is 0.868. The van der Waals surface area contributed by atoms with Gasteiger partial charge in [0, 0.05) is 18.7 Å². The van der Waals surface area contributed by atoms with Crippen LogP contribution >= 0.6 is 0 Å². The molecular formula is C17H25NO3. The van der Waals surface area contributed by atoms with E-state index in [2.05, 4.69) is 4.90 Å². The highest BCUT2D eigenvalue weighted by Gasteiger charge is 2.36. The summed E-state index contributed by atoms with van der Waals surface area (Å²) in [4.78, 5) is 15.1. The Hall–Kier alpha value is -1.39. The van der Waals surface area contributed by atoms with Gasteiger partial charge in [-0.25, -0.2) is 0 Å². The van der Waals surface area contributed by atoms with Gasteiger partial charge in [-0.3, -0.25) is 9.69 Å². The second kappa shape index (κ2) is 6.58. The van der Waals surface area contributed by atoms with E-state index >= 15 is 0 Å². The Morgan fingerprint density at radius 1 is 1.29 bits per heavy atom. The van der Waals surface area contributed by atoms with Crippen LogP contribution in [0.15, 0.2) is 24.3 Å². The molecule has 1 saturated heterocycles. The van der Waals surface area contributed by atoms with Gasteiger partial charge in [-0.1, -0.05) is 12.1 Å². The third-order valence-electron chi connectivity index (χ3n) is 3.83. The summed E-state index contributed by atoms with van der Waals surface area (Å²) in [6.45, 7) is 10.9. The summed E-state index contributed by atoms with van der Waals surface area (Å²) in [6, 6.07) is 7.46. The number of ketones is 1. The number of carbonyl (C=O) groups excluding carboxylic acids is 1. The highest BCUT2D eigenvalue weighted by atomic mass is 16.5. The van der Waals surface area contributed by atoms with Crippen molar-refractivity contribution in [2.24, 2.45) is 0 Å². The molecule has 0 bridgehead atoms. The molecule has 0 N–H and O–H groups in total. The number of benzene rings is 1. The van der Waals surface area contributed by atoms with E-state index in [0.29, 0.717) is 18.8 Å². The molecule has 0 aromatic heterocycles. The SMILES string of the molecule is CC(C)Oc1cccc(C(=O)C(C)(C)N2CCOCC2)c1. The van der Waals surface area contributed by atoms with Crippen LogP contribution in [0.2, 0.25) is 0 Å². The van der Waals surface area contributed by atoms with E-state index < -0.39 is 5.54 Å². The van der Waals surface area contributed by atoms with Crippen molar-refractivity contribution >= 4 is 5.78 Å². The van der Waals surface area contributed by atoms with Crippen molar-refractivity contribution in [3.05, 3.63) is 29.8 Å². The molecule has 1 heterocycles. The van der Waals surface area contributed by atoms with Crippen LogP contribution in [0.3, 0.4) is 0 Å². The standard InChI is InChI=1S/C17H25NO3/c1-13(2)21-15-7-5-6-14(12-15)16(19)17(3,4)18-8-10-20-11-9-18/h5-7,12-13H,8-11H2,1-4H3. The van der Waals surface area contributed by atoms with Gasteiger partial charge in [0.15, 0.2) is 5.78 Å². The van der Waals surface area contributed by atoms with Crippen molar-refractivity contribution in [2.45, 2.75) is 39.3 Å². The van der Waals surface area contributed by atoms with Gasteiger partial charge in [-0.05, 0) is 39.8 Å². The molecule has 0 spiro atoms. The van der Waals surface area contributed by atoms with Crippen molar-refractivity contribution in [3.8, 4) is 5.75 Å². The van der Waals surface area contributed by atoms with Crippen molar-refractivity contribution in [3.63, 3.8) is 0 Å². The van der Waals surface area contributed by atoms with E-state index in [1.165, 1.54) is 0 Å². The molecule has 1 aliphatic rings. The predicted molar refractivity (Wildman–Crippen MR) is 83.0 cm³/mol. The number of carbonyl (C=O) groups is 1. The zero-order valence-electron chi connectivity index (χ0n) is 13.4. The van der Waals surface area contributed by atoms with E-state index in [1.807, 2.05) is 52.0 Å². The Bertz CT molecular complexity index is 491. The zero-order chi connectivity index (χ0) is 15.5. The summed E-state index contributed by atoms with van der Waals surface area (Å²) in [5, 5.41) is 0. The lowest BCUT2D eigenvalue weighted by atomic mass is 9.91. The number of rotatable bonds is 5. The molecule has 1 aliphatic heterocycles. The highest BCUT2D eigenvalue weighted by molar-refractivity contribution is 6.03. The second-order valence-corrected chi connectivity index (χ2v) is 6.18. The first-order chi connectivity index (χ1) is 9.91. The highest BCUT2D eigenvalue weighted by Crippen LogP contribution is 2.24. The molecule has 0 radical (unpaired) electrons. The molecule has 1 aromatic carbocycles.